The van der Waals surface area contributed by atoms with Crippen LogP contribution in [0.3, 0.4) is 0 Å². The van der Waals surface area contributed by atoms with E-state index < -0.39 is 5.60 Å². The van der Waals surface area contributed by atoms with Gasteiger partial charge in [0.05, 0.1) is 18.6 Å². The van der Waals surface area contributed by atoms with Crippen LogP contribution in [0.15, 0.2) is 0 Å². The molecule has 14 heavy (non-hydrogen) atoms. The first-order valence-corrected chi connectivity index (χ1v) is 5.35. The van der Waals surface area contributed by atoms with Crippen LogP contribution in [0.1, 0.15) is 40.0 Å². The molecule has 0 amide bonds. The molecule has 0 aromatic heterocycles. The Kier molecular flexibility index (Phi) is 3.53. The Morgan fingerprint density at radius 1 is 1.64 bits per heavy atom. The molecule has 3 heteroatoms. The number of ether oxygens (including phenoxy) is 1. The first kappa shape index (κ1) is 11.5. The highest BCUT2D eigenvalue weighted by molar-refractivity contribution is 5.69. The molecule has 82 valence electrons. The lowest BCUT2D eigenvalue weighted by atomic mass is 9.85. The average molecular weight is 200 g/mol. The third kappa shape index (κ3) is 2.47. The monoisotopic (exact) mass is 200 g/mol. The fourth-order valence-electron chi connectivity index (χ4n) is 2.34. The van der Waals surface area contributed by atoms with Crippen molar-refractivity contribution in [2.45, 2.75) is 45.6 Å². The van der Waals surface area contributed by atoms with Crippen molar-refractivity contribution in [3.63, 3.8) is 0 Å². The van der Waals surface area contributed by atoms with Gasteiger partial charge in [0, 0.05) is 5.92 Å². The molecule has 0 radical (unpaired) electrons. The van der Waals surface area contributed by atoms with Gasteiger partial charge in [-0.1, -0.05) is 6.92 Å². The van der Waals surface area contributed by atoms with Crippen molar-refractivity contribution in [1.29, 1.82) is 0 Å². The lowest BCUT2D eigenvalue weighted by Gasteiger charge is -2.27. The SMILES string of the molecule is CCOC(=O)C[C@H]1[C@H](C)CC[C@]1(C)O. The molecule has 3 nitrogen and oxygen atoms in total. The molecule has 0 unspecified atom stereocenters. The standard InChI is InChI=1S/C11H20O3/c1-4-14-10(12)7-9-8(2)5-6-11(9,3)13/h8-9,13H,4-7H2,1-3H3/t8-,9+,11+/m1/s1. The number of esters is 1. The van der Waals surface area contributed by atoms with Gasteiger partial charge in [-0.25, -0.2) is 0 Å². The van der Waals surface area contributed by atoms with E-state index in [9.17, 15) is 9.90 Å². The lowest BCUT2D eigenvalue weighted by Crippen LogP contribution is -2.33. The number of aliphatic hydroxyl groups is 1. The van der Waals surface area contributed by atoms with Gasteiger partial charge in [0.1, 0.15) is 0 Å². The van der Waals surface area contributed by atoms with E-state index in [1.165, 1.54) is 0 Å². The molecular formula is C11H20O3. The van der Waals surface area contributed by atoms with Crippen LogP contribution >= 0.6 is 0 Å². The molecule has 0 aromatic carbocycles. The second-order valence-electron chi connectivity index (χ2n) is 4.49. The topological polar surface area (TPSA) is 46.5 Å². The molecule has 0 heterocycles. The summed E-state index contributed by atoms with van der Waals surface area (Å²) in [5.74, 6) is 0.280. The van der Waals surface area contributed by atoms with E-state index in [-0.39, 0.29) is 11.9 Å². The minimum atomic E-state index is -0.688. The van der Waals surface area contributed by atoms with E-state index in [0.29, 0.717) is 18.9 Å². The normalized spacial score (nSPS) is 37.1. The van der Waals surface area contributed by atoms with Gasteiger partial charge in [0.2, 0.25) is 0 Å². The van der Waals surface area contributed by atoms with Crippen molar-refractivity contribution >= 4 is 5.97 Å². The maximum atomic E-state index is 11.3. The molecule has 1 aliphatic carbocycles. The summed E-state index contributed by atoms with van der Waals surface area (Å²) in [4.78, 5) is 11.3. The van der Waals surface area contributed by atoms with Gasteiger partial charge in [-0.05, 0) is 32.6 Å². The Labute approximate surface area is 85.5 Å². The van der Waals surface area contributed by atoms with E-state index in [4.69, 9.17) is 4.74 Å². The van der Waals surface area contributed by atoms with Crippen LogP contribution in [0, 0.1) is 11.8 Å². The molecule has 1 N–H and O–H groups in total. The summed E-state index contributed by atoms with van der Waals surface area (Å²) < 4.78 is 4.90. The maximum absolute atomic E-state index is 11.3. The molecule has 1 saturated carbocycles. The first-order chi connectivity index (χ1) is 6.47. The van der Waals surface area contributed by atoms with Crippen LogP contribution in [0.25, 0.3) is 0 Å². The van der Waals surface area contributed by atoms with Crippen LogP contribution in [0.2, 0.25) is 0 Å². The van der Waals surface area contributed by atoms with Gasteiger partial charge in [-0.15, -0.1) is 0 Å². The van der Waals surface area contributed by atoms with E-state index in [2.05, 4.69) is 6.92 Å². The van der Waals surface area contributed by atoms with Gasteiger partial charge in [-0.3, -0.25) is 4.79 Å². The highest BCUT2D eigenvalue weighted by Crippen LogP contribution is 2.41. The molecule has 1 rings (SSSR count). The molecule has 0 aliphatic heterocycles. The van der Waals surface area contributed by atoms with Gasteiger partial charge in [0.15, 0.2) is 0 Å². The minimum absolute atomic E-state index is 0.0570. The zero-order chi connectivity index (χ0) is 10.8. The van der Waals surface area contributed by atoms with Crippen molar-refractivity contribution in [3.8, 4) is 0 Å². The minimum Gasteiger partial charge on any atom is -0.466 e. The summed E-state index contributed by atoms with van der Waals surface area (Å²) in [5.41, 5.74) is -0.688. The van der Waals surface area contributed by atoms with E-state index in [1.807, 2.05) is 6.92 Å². The zero-order valence-electron chi connectivity index (χ0n) is 9.25. The molecule has 0 aromatic rings. The van der Waals surface area contributed by atoms with Crippen LogP contribution in [-0.2, 0) is 9.53 Å². The van der Waals surface area contributed by atoms with Gasteiger partial charge < -0.3 is 9.84 Å². The van der Waals surface area contributed by atoms with E-state index >= 15 is 0 Å². The quantitative estimate of drug-likeness (QED) is 0.706. The van der Waals surface area contributed by atoms with Crippen LogP contribution in [0.4, 0.5) is 0 Å². The molecule has 0 spiro atoms. The Morgan fingerprint density at radius 3 is 2.71 bits per heavy atom. The highest BCUT2D eigenvalue weighted by Gasteiger charge is 2.42. The number of carbonyl (C=O) groups is 1. The van der Waals surface area contributed by atoms with Gasteiger partial charge in [-0.2, -0.15) is 0 Å². The summed E-state index contributed by atoms with van der Waals surface area (Å²) in [6, 6.07) is 0. The fraction of sp³-hybridized carbons (Fsp3) is 0.909. The van der Waals surface area contributed by atoms with Crippen molar-refractivity contribution < 1.29 is 14.6 Å². The summed E-state index contributed by atoms with van der Waals surface area (Å²) in [5, 5.41) is 10.0. The molecule has 0 saturated heterocycles. The maximum Gasteiger partial charge on any atom is 0.306 e. The first-order valence-electron chi connectivity index (χ1n) is 5.35. The van der Waals surface area contributed by atoms with Gasteiger partial charge >= 0.3 is 5.97 Å². The van der Waals surface area contributed by atoms with Crippen molar-refractivity contribution in [2.75, 3.05) is 6.61 Å². The fourth-order valence-corrected chi connectivity index (χ4v) is 2.34. The largest absolute Gasteiger partial charge is 0.466 e. The van der Waals surface area contributed by atoms with Gasteiger partial charge in [0.25, 0.3) is 0 Å². The Balaban J connectivity index is 2.53. The molecule has 3 atom stereocenters. The number of hydrogen-bond donors (Lipinski definition) is 1. The summed E-state index contributed by atoms with van der Waals surface area (Å²) in [6.07, 6.45) is 2.14. The van der Waals surface area contributed by atoms with Crippen molar-refractivity contribution in [2.24, 2.45) is 11.8 Å². The van der Waals surface area contributed by atoms with E-state index in [1.54, 1.807) is 6.92 Å². The van der Waals surface area contributed by atoms with Crippen molar-refractivity contribution in [1.82, 2.24) is 0 Å². The lowest BCUT2D eigenvalue weighted by molar-refractivity contribution is -0.146. The Hall–Kier alpha value is -0.570. The predicted molar refractivity (Wildman–Crippen MR) is 53.8 cm³/mol. The van der Waals surface area contributed by atoms with Crippen molar-refractivity contribution in [3.05, 3.63) is 0 Å². The Morgan fingerprint density at radius 2 is 2.29 bits per heavy atom. The average Bonchev–Trinajstić information content (AvgIpc) is 2.32. The Bertz CT molecular complexity index is 211. The molecule has 1 aliphatic rings. The summed E-state index contributed by atoms with van der Waals surface area (Å²) in [6.45, 7) is 6.13. The van der Waals surface area contributed by atoms with Crippen LogP contribution < -0.4 is 0 Å². The third-order valence-electron chi connectivity index (χ3n) is 3.28. The molecule has 1 fully saturated rings. The van der Waals surface area contributed by atoms with Crippen LogP contribution in [-0.4, -0.2) is 23.3 Å². The van der Waals surface area contributed by atoms with Crippen LogP contribution in [0.5, 0.6) is 0 Å². The molecule has 0 bridgehead atoms. The summed E-state index contributed by atoms with van der Waals surface area (Å²) in [7, 11) is 0. The summed E-state index contributed by atoms with van der Waals surface area (Å²) >= 11 is 0. The second kappa shape index (κ2) is 4.30. The number of rotatable bonds is 3. The van der Waals surface area contributed by atoms with E-state index in [0.717, 1.165) is 12.8 Å². The zero-order valence-corrected chi connectivity index (χ0v) is 9.25. The number of hydrogen-bond acceptors (Lipinski definition) is 3. The smallest absolute Gasteiger partial charge is 0.306 e. The third-order valence-corrected chi connectivity index (χ3v) is 3.28. The highest BCUT2D eigenvalue weighted by atomic mass is 16.5. The molecular weight excluding hydrogens is 180 g/mol. The second-order valence-corrected chi connectivity index (χ2v) is 4.49. The number of carbonyl (C=O) groups excluding carboxylic acids is 1. The predicted octanol–water partition coefficient (Wildman–Crippen LogP) is 1.74.